The van der Waals surface area contributed by atoms with Crippen LogP contribution in [0.4, 0.5) is 5.82 Å². The Kier molecular flexibility index (Phi) is 4.66. The van der Waals surface area contributed by atoms with Gasteiger partial charge in [-0.2, -0.15) is 10.1 Å². The van der Waals surface area contributed by atoms with Gasteiger partial charge >= 0.3 is 0 Å². The Morgan fingerprint density at radius 2 is 2.31 bits per heavy atom. The lowest BCUT2D eigenvalue weighted by atomic mass is 9.97. The van der Waals surface area contributed by atoms with Crippen LogP contribution >= 0.6 is 0 Å². The molecule has 8 heteroatoms. The summed E-state index contributed by atoms with van der Waals surface area (Å²) in [7, 11) is 0. The topological polar surface area (TPSA) is 90.9 Å². The van der Waals surface area contributed by atoms with E-state index < -0.39 is 0 Å². The molecule has 0 amide bonds. The maximum absolute atomic E-state index is 5.96. The molecular weight excluding hydrogens is 332 g/mol. The smallest absolute Gasteiger partial charge is 0.261 e. The molecule has 136 valence electrons. The van der Waals surface area contributed by atoms with Crippen LogP contribution in [0.1, 0.15) is 30.8 Å². The molecule has 1 N–H and O–H groups in total. The van der Waals surface area contributed by atoms with Gasteiger partial charge in [-0.1, -0.05) is 5.16 Å². The van der Waals surface area contributed by atoms with Crippen molar-refractivity contribution in [3.05, 3.63) is 42.1 Å². The van der Waals surface area contributed by atoms with Crippen molar-refractivity contribution in [3.63, 3.8) is 0 Å². The lowest BCUT2D eigenvalue weighted by molar-refractivity contribution is 0.0932. The maximum atomic E-state index is 5.96. The van der Waals surface area contributed by atoms with Gasteiger partial charge in [0.2, 0.25) is 0 Å². The van der Waals surface area contributed by atoms with E-state index >= 15 is 0 Å². The number of ether oxygens (including phenoxy) is 1. The van der Waals surface area contributed by atoms with Gasteiger partial charge in [-0.05, 0) is 32.4 Å². The van der Waals surface area contributed by atoms with E-state index in [0.29, 0.717) is 17.6 Å². The zero-order valence-electron chi connectivity index (χ0n) is 14.9. The quantitative estimate of drug-likeness (QED) is 0.728. The summed E-state index contributed by atoms with van der Waals surface area (Å²) in [5, 5.41) is 11.7. The molecule has 0 aromatic carbocycles. The summed E-state index contributed by atoms with van der Waals surface area (Å²) >= 11 is 0. The van der Waals surface area contributed by atoms with E-state index in [4.69, 9.17) is 9.26 Å². The van der Waals surface area contributed by atoms with E-state index in [2.05, 4.69) is 38.7 Å². The van der Waals surface area contributed by atoms with Crippen molar-refractivity contribution in [2.45, 2.75) is 32.9 Å². The van der Waals surface area contributed by atoms with E-state index in [9.17, 15) is 0 Å². The van der Waals surface area contributed by atoms with E-state index in [0.717, 1.165) is 43.1 Å². The predicted octanol–water partition coefficient (Wildman–Crippen LogP) is 2.85. The molecule has 0 unspecified atom stereocenters. The van der Waals surface area contributed by atoms with Crippen molar-refractivity contribution in [2.75, 3.05) is 18.5 Å². The highest BCUT2D eigenvalue weighted by Crippen LogP contribution is 2.35. The molecule has 8 nitrogen and oxygen atoms in total. The predicted molar refractivity (Wildman–Crippen MR) is 95.5 cm³/mol. The fraction of sp³-hybridized carbons (Fsp3) is 0.444. The van der Waals surface area contributed by atoms with Crippen LogP contribution in [0.3, 0.4) is 0 Å². The Hall–Kier alpha value is -2.74. The first-order valence-corrected chi connectivity index (χ1v) is 8.88. The number of nitrogens with zero attached hydrogens (tertiary/aromatic N) is 5. The van der Waals surface area contributed by atoms with Gasteiger partial charge in [0, 0.05) is 43.6 Å². The summed E-state index contributed by atoms with van der Waals surface area (Å²) in [5.74, 6) is 2.17. The highest BCUT2D eigenvalue weighted by Gasteiger charge is 2.30. The standard InChI is InChI=1S/C18H22N6O2/c1-3-24-11-14(10-21-24)16-13(6-8-25-16)9-20-17-15(5-4-7-19-17)18-22-12(2)23-26-18/h4-5,7,10-11,13,16H,3,6,8-9H2,1-2H3,(H,19,20)/t13-,16+/m1/s1. The lowest BCUT2D eigenvalue weighted by Gasteiger charge is -2.18. The summed E-state index contributed by atoms with van der Waals surface area (Å²) in [6, 6.07) is 3.79. The van der Waals surface area contributed by atoms with E-state index in [1.165, 1.54) is 0 Å². The Morgan fingerprint density at radius 3 is 3.08 bits per heavy atom. The van der Waals surface area contributed by atoms with Crippen molar-refractivity contribution in [3.8, 4) is 11.5 Å². The second-order valence-corrected chi connectivity index (χ2v) is 6.40. The highest BCUT2D eigenvalue weighted by atomic mass is 16.5. The monoisotopic (exact) mass is 354 g/mol. The van der Waals surface area contributed by atoms with Crippen LogP contribution in [0, 0.1) is 12.8 Å². The van der Waals surface area contributed by atoms with Crippen LogP contribution in [-0.2, 0) is 11.3 Å². The summed E-state index contributed by atoms with van der Waals surface area (Å²) in [6.45, 7) is 6.24. The van der Waals surface area contributed by atoms with Gasteiger partial charge in [-0.15, -0.1) is 0 Å². The molecule has 1 fully saturated rings. The largest absolute Gasteiger partial charge is 0.373 e. The molecule has 4 rings (SSSR count). The van der Waals surface area contributed by atoms with Crippen LogP contribution in [0.15, 0.2) is 35.2 Å². The number of hydrogen-bond acceptors (Lipinski definition) is 7. The van der Waals surface area contributed by atoms with Crippen molar-refractivity contribution in [2.24, 2.45) is 5.92 Å². The van der Waals surface area contributed by atoms with Crippen LogP contribution in [0.25, 0.3) is 11.5 Å². The number of pyridine rings is 1. The number of aromatic nitrogens is 5. The molecule has 0 aliphatic carbocycles. The van der Waals surface area contributed by atoms with E-state index in [1.807, 2.05) is 23.0 Å². The fourth-order valence-corrected chi connectivity index (χ4v) is 3.26. The summed E-state index contributed by atoms with van der Waals surface area (Å²) in [5.41, 5.74) is 1.94. The van der Waals surface area contributed by atoms with E-state index in [-0.39, 0.29) is 6.10 Å². The van der Waals surface area contributed by atoms with Gasteiger partial charge in [0.1, 0.15) is 5.82 Å². The van der Waals surface area contributed by atoms with Gasteiger partial charge in [0.15, 0.2) is 5.82 Å². The summed E-state index contributed by atoms with van der Waals surface area (Å²) in [4.78, 5) is 8.75. The average Bonchev–Trinajstić information content (AvgIpc) is 3.40. The first kappa shape index (κ1) is 16.7. The molecule has 3 aromatic heterocycles. The average molecular weight is 354 g/mol. The van der Waals surface area contributed by atoms with Gasteiger partial charge in [-0.3, -0.25) is 4.68 Å². The maximum Gasteiger partial charge on any atom is 0.261 e. The first-order chi connectivity index (χ1) is 12.7. The van der Waals surface area contributed by atoms with E-state index in [1.54, 1.807) is 13.1 Å². The van der Waals surface area contributed by atoms with Crippen molar-refractivity contribution in [1.82, 2.24) is 24.9 Å². The first-order valence-electron chi connectivity index (χ1n) is 8.88. The summed E-state index contributed by atoms with van der Waals surface area (Å²) in [6.07, 6.45) is 6.77. The second-order valence-electron chi connectivity index (χ2n) is 6.40. The molecule has 0 saturated carbocycles. The minimum absolute atomic E-state index is 0.0561. The molecule has 1 saturated heterocycles. The van der Waals surface area contributed by atoms with Gasteiger partial charge < -0.3 is 14.6 Å². The van der Waals surface area contributed by atoms with Crippen molar-refractivity contribution >= 4 is 5.82 Å². The number of nitrogens with one attached hydrogen (secondary N) is 1. The molecule has 26 heavy (non-hydrogen) atoms. The minimum atomic E-state index is 0.0561. The number of aryl methyl sites for hydroxylation is 2. The number of rotatable bonds is 6. The molecule has 0 spiro atoms. The molecule has 4 heterocycles. The molecular formula is C18H22N6O2. The van der Waals surface area contributed by atoms with Gasteiger partial charge in [0.05, 0.1) is 17.9 Å². The Balaban J connectivity index is 1.48. The molecule has 0 radical (unpaired) electrons. The minimum Gasteiger partial charge on any atom is -0.373 e. The normalized spacial score (nSPS) is 19.8. The zero-order chi connectivity index (χ0) is 17.9. The molecule has 1 aliphatic rings. The molecule has 0 bridgehead atoms. The van der Waals surface area contributed by atoms with Crippen LogP contribution in [0.2, 0.25) is 0 Å². The second kappa shape index (κ2) is 7.25. The van der Waals surface area contributed by atoms with Crippen LogP contribution in [0.5, 0.6) is 0 Å². The van der Waals surface area contributed by atoms with Crippen molar-refractivity contribution in [1.29, 1.82) is 0 Å². The third-order valence-corrected chi connectivity index (χ3v) is 4.62. The lowest BCUT2D eigenvalue weighted by Crippen LogP contribution is -2.18. The summed E-state index contributed by atoms with van der Waals surface area (Å²) < 4.78 is 13.2. The molecule has 2 atom stereocenters. The number of hydrogen-bond donors (Lipinski definition) is 1. The Labute approximate surface area is 151 Å². The molecule has 3 aromatic rings. The fourth-order valence-electron chi connectivity index (χ4n) is 3.26. The SMILES string of the molecule is CCn1cc([C@H]2OCC[C@@H]2CNc2ncccc2-c2nc(C)no2)cn1. The highest BCUT2D eigenvalue weighted by molar-refractivity contribution is 5.68. The van der Waals surface area contributed by atoms with Crippen molar-refractivity contribution < 1.29 is 9.26 Å². The van der Waals surface area contributed by atoms with Gasteiger partial charge in [-0.25, -0.2) is 4.98 Å². The zero-order valence-corrected chi connectivity index (χ0v) is 14.9. The number of anilines is 1. The third-order valence-electron chi connectivity index (χ3n) is 4.62. The van der Waals surface area contributed by atoms with Gasteiger partial charge in [0.25, 0.3) is 5.89 Å². The van der Waals surface area contributed by atoms with Crippen LogP contribution in [-0.4, -0.2) is 38.1 Å². The van der Waals surface area contributed by atoms with Crippen LogP contribution < -0.4 is 5.32 Å². The Morgan fingerprint density at radius 1 is 1.38 bits per heavy atom. The molecule has 1 aliphatic heterocycles. The Bertz CT molecular complexity index is 874. The third kappa shape index (κ3) is 3.32.